The summed E-state index contributed by atoms with van der Waals surface area (Å²) in [5, 5.41) is 5.44. The minimum Gasteiger partial charge on any atom is -0.324 e. The number of hydrogen-bond acceptors (Lipinski definition) is 2. The normalized spacial score (nSPS) is 15.2. The minimum atomic E-state index is -0.527. The molecule has 0 unspecified atom stereocenters. The number of hydrogen-bond donors (Lipinski definition) is 2. The lowest BCUT2D eigenvalue weighted by molar-refractivity contribution is -0.119. The first-order valence-corrected chi connectivity index (χ1v) is 7.48. The number of rotatable bonds is 2. The van der Waals surface area contributed by atoms with E-state index in [2.05, 4.69) is 29.6 Å². The van der Waals surface area contributed by atoms with Gasteiger partial charge in [0.1, 0.15) is 0 Å². The second-order valence-electron chi connectivity index (χ2n) is 6.94. The van der Waals surface area contributed by atoms with Crippen molar-refractivity contribution in [3.63, 3.8) is 0 Å². The molecule has 0 saturated carbocycles. The molecule has 1 amide bonds. The number of nitrogens with one attached hydrogen (secondary N) is 1. The highest BCUT2D eigenvalue weighted by Gasteiger charge is 2.28. The van der Waals surface area contributed by atoms with Crippen molar-refractivity contribution >= 4 is 22.4 Å². The molecule has 3 N–H and O–H groups in total. The van der Waals surface area contributed by atoms with Crippen molar-refractivity contribution in [3.05, 3.63) is 41.5 Å². The quantitative estimate of drug-likeness (QED) is 0.888. The van der Waals surface area contributed by atoms with Crippen molar-refractivity contribution in [1.82, 2.24) is 0 Å². The van der Waals surface area contributed by atoms with Crippen LogP contribution in [0.1, 0.15) is 31.9 Å². The lowest BCUT2D eigenvalue weighted by Gasteiger charge is -2.26. The highest BCUT2D eigenvalue weighted by molar-refractivity contribution is 6.06. The predicted octanol–water partition coefficient (Wildman–Crippen LogP) is 3.25. The SMILES string of the molecule is CC(C)(C)[C@H](N)C(=O)Nc1ccc2c3c(cccc13)CC2. The summed E-state index contributed by atoms with van der Waals surface area (Å²) in [6, 6.07) is 9.90. The molecule has 1 atom stereocenters. The Kier molecular flexibility index (Phi) is 3.25. The van der Waals surface area contributed by atoms with Gasteiger partial charge in [-0.2, -0.15) is 0 Å². The van der Waals surface area contributed by atoms with Crippen LogP contribution in [0.25, 0.3) is 10.8 Å². The molecule has 1 aliphatic carbocycles. The Morgan fingerprint density at radius 2 is 1.81 bits per heavy atom. The lowest BCUT2D eigenvalue weighted by atomic mass is 9.87. The highest BCUT2D eigenvalue weighted by atomic mass is 16.2. The lowest BCUT2D eigenvalue weighted by Crippen LogP contribution is -2.45. The summed E-state index contributed by atoms with van der Waals surface area (Å²) in [6.07, 6.45) is 2.18. The van der Waals surface area contributed by atoms with E-state index in [0.717, 1.165) is 23.9 Å². The van der Waals surface area contributed by atoms with Gasteiger partial charge in [0.2, 0.25) is 5.91 Å². The minimum absolute atomic E-state index is 0.124. The Bertz CT molecular complexity index is 703. The van der Waals surface area contributed by atoms with Gasteiger partial charge in [0.25, 0.3) is 0 Å². The summed E-state index contributed by atoms with van der Waals surface area (Å²) in [6.45, 7) is 5.93. The van der Waals surface area contributed by atoms with E-state index in [-0.39, 0.29) is 11.3 Å². The molecule has 3 heteroatoms. The monoisotopic (exact) mass is 282 g/mol. The van der Waals surface area contributed by atoms with Gasteiger partial charge in [0, 0.05) is 11.1 Å². The van der Waals surface area contributed by atoms with E-state index in [1.807, 2.05) is 26.8 Å². The fourth-order valence-corrected chi connectivity index (χ4v) is 2.96. The molecule has 2 aromatic carbocycles. The molecule has 21 heavy (non-hydrogen) atoms. The summed E-state index contributed by atoms with van der Waals surface area (Å²) >= 11 is 0. The number of nitrogens with two attached hydrogens (primary N) is 1. The molecule has 0 saturated heterocycles. The van der Waals surface area contributed by atoms with Gasteiger partial charge in [-0.3, -0.25) is 4.79 Å². The number of carbonyl (C=O) groups is 1. The van der Waals surface area contributed by atoms with E-state index < -0.39 is 6.04 Å². The summed E-state index contributed by atoms with van der Waals surface area (Å²) in [5.41, 5.74) is 9.41. The molecule has 2 aromatic rings. The standard InChI is InChI=1S/C18H22N2O/c1-18(2,3)16(19)17(21)20-14-10-9-12-8-7-11-5-4-6-13(14)15(11)12/h4-6,9-10,16H,7-8,19H2,1-3H3,(H,20,21)/t16-/m1/s1. The van der Waals surface area contributed by atoms with Crippen LogP contribution in [0.5, 0.6) is 0 Å². The maximum Gasteiger partial charge on any atom is 0.241 e. The van der Waals surface area contributed by atoms with E-state index >= 15 is 0 Å². The average Bonchev–Trinajstić information content (AvgIpc) is 2.85. The van der Waals surface area contributed by atoms with Crippen molar-refractivity contribution in [2.75, 3.05) is 5.32 Å². The van der Waals surface area contributed by atoms with Crippen molar-refractivity contribution in [1.29, 1.82) is 0 Å². The second-order valence-corrected chi connectivity index (χ2v) is 6.94. The number of anilines is 1. The van der Waals surface area contributed by atoms with Crippen LogP contribution < -0.4 is 11.1 Å². The number of amides is 1. The molecule has 0 radical (unpaired) electrons. The smallest absolute Gasteiger partial charge is 0.241 e. The molecule has 0 aromatic heterocycles. The van der Waals surface area contributed by atoms with E-state index in [4.69, 9.17) is 5.73 Å². The second kappa shape index (κ2) is 4.85. The zero-order valence-corrected chi connectivity index (χ0v) is 12.9. The van der Waals surface area contributed by atoms with Gasteiger partial charge in [-0.1, -0.05) is 45.0 Å². The van der Waals surface area contributed by atoms with E-state index in [9.17, 15) is 4.79 Å². The third kappa shape index (κ3) is 2.42. The van der Waals surface area contributed by atoms with Gasteiger partial charge < -0.3 is 11.1 Å². The number of benzene rings is 2. The first-order chi connectivity index (χ1) is 9.88. The summed E-state index contributed by atoms with van der Waals surface area (Å²) in [7, 11) is 0. The first-order valence-electron chi connectivity index (χ1n) is 7.48. The molecule has 0 spiro atoms. The van der Waals surface area contributed by atoms with Crippen LogP contribution in [-0.2, 0) is 17.6 Å². The Morgan fingerprint density at radius 3 is 2.48 bits per heavy atom. The third-order valence-corrected chi connectivity index (χ3v) is 4.35. The largest absolute Gasteiger partial charge is 0.324 e. The Morgan fingerprint density at radius 1 is 1.14 bits per heavy atom. The van der Waals surface area contributed by atoms with Crippen LogP contribution >= 0.6 is 0 Å². The number of aryl methyl sites for hydroxylation is 2. The van der Waals surface area contributed by atoms with Crippen LogP contribution in [0.15, 0.2) is 30.3 Å². The van der Waals surface area contributed by atoms with Gasteiger partial charge in [-0.15, -0.1) is 0 Å². The molecule has 3 nitrogen and oxygen atoms in total. The third-order valence-electron chi connectivity index (χ3n) is 4.35. The Labute approximate surface area is 125 Å². The zero-order chi connectivity index (χ0) is 15.2. The van der Waals surface area contributed by atoms with Crippen LogP contribution in [0.4, 0.5) is 5.69 Å². The molecule has 0 bridgehead atoms. The fraction of sp³-hybridized carbons (Fsp3) is 0.389. The Balaban J connectivity index is 1.98. The van der Waals surface area contributed by atoms with Crippen molar-refractivity contribution in [2.24, 2.45) is 11.1 Å². The van der Waals surface area contributed by atoms with Crippen molar-refractivity contribution < 1.29 is 4.79 Å². The van der Waals surface area contributed by atoms with Crippen molar-refractivity contribution in [2.45, 2.75) is 39.7 Å². The molecule has 1 aliphatic rings. The molecule has 3 rings (SSSR count). The van der Waals surface area contributed by atoms with Crippen LogP contribution in [0.2, 0.25) is 0 Å². The zero-order valence-electron chi connectivity index (χ0n) is 12.9. The maximum absolute atomic E-state index is 12.4. The predicted molar refractivity (Wildman–Crippen MR) is 87.4 cm³/mol. The first kappa shape index (κ1) is 14.1. The van der Waals surface area contributed by atoms with Crippen LogP contribution in [-0.4, -0.2) is 11.9 Å². The fourth-order valence-electron chi connectivity index (χ4n) is 2.96. The van der Waals surface area contributed by atoms with Gasteiger partial charge in [0.05, 0.1) is 6.04 Å². The van der Waals surface area contributed by atoms with E-state index in [1.165, 1.54) is 16.5 Å². The highest BCUT2D eigenvalue weighted by Crippen LogP contribution is 2.35. The van der Waals surface area contributed by atoms with Gasteiger partial charge in [-0.25, -0.2) is 0 Å². The molecule has 110 valence electrons. The molecular formula is C18H22N2O. The van der Waals surface area contributed by atoms with Crippen LogP contribution in [0, 0.1) is 5.41 Å². The van der Waals surface area contributed by atoms with Crippen LogP contribution in [0.3, 0.4) is 0 Å². The van der Waals surface area contributed by atoms with Gasteiger partial charge in [0.15, 0.2) is 0 Å². The van der Waals surface area contributed by atoms with E-state index in [0.29, 0.717) is 0 Å². The van der Waals surface area contributed by atoms with Gasteiger partial charge in [-0.05, 0) is 40.8 Å². The topological polar surface area (TPSA) is 55.1 Å². The molecule has 0 heterocycles. The van der Waals surface area contributed by atoms with E-state index in [1.54, 1.807) is 0 Å². The summed E-state index contributed by atoms with van der Waals surface area (Å²) < 4.78 is 0. The summed E-state index contributed by atoms with van der Waals surface area (Å²) in [4.78, 5) is 12.4. The molecule has 0 fully saturated rings. The molecule has 0 aliphatic heterocycles. The van der Waals surface area contributed by atoms with Gasteiger partial charge >= 0.3 is 0 Å². The summed E-state index contributed by atoms with van der Waals surface area (Å²) in [5.74, 6) is -0.124. The average molecular weight is 282 g/mol. The molecular weight excluding hydrogens is 260 g/mol. The Hall–Kier alpha value is -1.87. The number of carbonyl (C=O) groups excluding carboxylic acids is 1. The van der Waals surface area contributed by atoms with Crippen molar-refractivity contribution in [3.8, 4) is 0 Å². The maximum atomic E-state index is 12.4.